The van der Waals surface area contributed by atoms with Crippen LogP contribution in [-0.4, -0.2) is 11.8 Å². The van der Waals surface area contributed by atoms with Crippen molar-refractivity contribution in [3.63, 3.8) is 0 Å². The van der Waals surface area contributed by atoms with Gasteiger partial charge in [0.25, 0.3) is 5.91 Å². The van der Waals surface area contributed by atoms with Gasteiger partial charge >= 0.3 is 6.18 Å². The van der Waals surface area contributed by atoms with Crippen LogP contribution in [0.15, 0.2) is 60.3 Å². The molecule has 0 aliphatic heterocycles. The smallest absolute Gasteiger partial charge is 0.399 e. The highest BCUT2D eigenvalue weighted by Gasteiger charge is 2.33. The third kappa shape index (κ3) is 4.88. The van der Waals surface area contributed by atoms with Crippen LogP contribution in [0.3, 0.4) is 0 Å². The molecule has 28 heavy (non-hydrogen) atoms. The quantitative estimate of drug-likeness (QED) is 0.474. The van der Waals surface area contributed by atoms with Crippen LogP contribution in [0.1, 0.15) is 12.5 Å². The highest BCUT2D eigenvalue weighted by atomic mass is 19.4. The highest BCUT2D eigenvalue weighted by Crippen LogP contribution is 2.34. The van der Waals surface area contributed by atoms with Crippen LogP contribution in [0, 0.1) is 11.3 Å². The number of anilines is 3. The standard InChI is InChI=1S/C19H15F3N4O2/c1-12(27)26(15-6-4-5-14(24)9-15)11-13(10-23)18(28)25-17-8-3-2-7-16(17)19(20,21)22/h2-9,11H,24H2,1H3,(H,25,28)/b13-11-. The number of nitriles is 1. The molecule has 0 bridgehead atoms. The van der Waals surface area contributed by atoms with Crippen molar-refractivity contribution >= 4 is 28.9 Å². The van der Waals surface area contributed by atoms with E-state index in [9.17, 15) is 28.0 Å². The Labute approximate surface area is 158 Å². The fourth-order valence-electron chi connectivity index (χ4n) is 2.32. The van der Waals surface area contributed by atoms with Crippen molar-refractivity contribution in [2.45, 2.75) is 13.1 Å². The molecule has 0 saturated heterocycles. The third-order valence-electron chi connectivity index (χ3n) is 3.59. The first kappa shape index (κ1) is 20.5. The van der Waals surface area contributed by atoms with Gasteiger partial charge in [-0.15, -0.1) is 0 Å². The number of rotatable bonds is 4. The fourth-order valence-corrected chi connectivity index (χ4v) is 2.32. The summed E-state index contributed by atoms with van der Waals surface area (Å²) in [7, 11) is 0. The number of hydrogen-bond acceptors (Lipinski definition) is 4. The number of halogens is 3. The summed E-state index contributed by atoms with van der Waals surface area (Å²) >= 11 is 0. The van der Waals surface area contributed by atoms with E-state index in [1.807, 2.05) is 0 Å². The topological polar surface area (TPSA) is 99.2 Å². The second kappa shape index (κ2) is 8.26. The minimum Gasteiger partial charge on any atom is -0.399 e. The van der Waals surface area contributed by atoms with Gasteiger partial charge in [-0.2, -0.15) is 18.4 Å². The predicted molar refractivity (Wildman–Crippen MR) is 97.8 cm³/mol. The van der Waals surface area contributed by atoms with Crippen LogP contribution in [0.5, 0.6) is 0 Å². The summed E-state index contributed by atoms with van der Waals surface area (Å²) in [4.78, 5) is 25.3. The van der Waals surface area contributed by atoms with Gasteiger partial charge in [0.1, 0.15) is 11.6 Å². The van der Waals surface area contributed by atoms with Gasteiger partial charge in [0, 0.05) is 18.8 Å². The van der Waals surface area contributed by atoms with Crippen molar-refractivity contribution in [2.75, 3.05) is 16.0 Å². The van der Waals surface area contributed by atoms with Gasteiger partial charge in [0.15, 0.2) is 0 Å². The second-order valence-electron chi connectivity index (χ2n) is 5.64. The van der Waals surface area contributed by atoms with Crippen molar-refractivity contribution in [3.8, 4) is 6.07 Å². The lowest BCUT2D eigenvalue weighted by atomic mass is 10.1. The van der Waals surface area contributed by atoms with Crippen LogP contribution < -0.4 is 16.0 Å². The number of para-hydroxylation sites is 1. The van der Waals surface area contributed by atoms with Gasteiger partial charge in [0.05, 0.1) is 16.9 Å². The summed E-state index contributed by atoms with van der Waals surface area (Å²) in [6, 6.07) is 12.1. The van der Waals surface area contributed by atoms with Crippen LogP contribution in [0.2, 0.25) is 0 Å². The Morgan fingerprint density at radius 1 is 1.18 bits per heavy atom. The first-order valence-corrected chi connectivity index (χ1v) is 7.88. The second-order valence-corrected chi connectivity index (χ2v) is 5.64. The first-order valence-electron chi connectivity index (χ1n) is 7.88. The molecule has 9 heteroatoms. The number of carbonyl (C=O) groups is 2. The lowest BCUT2D eigenvalue weighted by Crippen LogP contribution is -2.25. The van der Waals surface area contributed by atoms with Gasteiger partial charge in [-0.1, -0.05) is 18.2 Å². The molecule has 0 atom stereocenters. The van der Waals surface area contributed by atoms with E-state index < -0.39 is 34.8 Å². The number of nitrogens with zero attached hydrogens (tertiary/aromatic N) is 2. The SMILES string of the molecule is CC(=O)N(/C=C(/C#N)C(=O)Nc1ccccc1C(F)(F)F)c1cccc(N)c1. The average Bonchev–Trinajstić information content (AvgIpc) is 2.61. The van der Waals surface area contributed by atoms with Crippen molar-refractivity contribution in [3.05, 3.63) is 65.9 Å². The van der Waals surface area contributed by atoms with Gasteiger partial charge in [-0.3, -0.25) is 14.5 Å². The molecule has 0 fully saturated rings. The Bertz CT molecular complexity index is 978. The molecule has 2 amide bonds. The number of nitrogen functional groups attached to an aromatic ring is 1. The van der Waals surface area contributed by atoms with Gasteiger partial charge in [-0.05, 0) is 30.3 Å². The molecule has 0 spiro atoms. The molecule has 0 unspecified atom stereocenters. The summed E-state index contributed by atoms with van der Waals surface area (Å²) in [6.07, 6.45) is -3.74. The zero-order chi connectivity index (χ0) is 20.9. The molecule has 2 rings (SSSR count). The molecule has 0 aliphatic rings. The van der Waals surface area contributed by atoms with Crippen LogP contribution in [-0.2, 0) is 15.8 Å². The molecular weight excluding hydrogens is 373 g/mol. The highest BCUT2D eigenvalue weighted by molar-refractivity contribution is 6.08. The summed E-state index contributed by atoms with van der Waals surface area (Å²) < 4.78 is 39.2. The molecule has 0 aromatic heterocycles. The Morgan fingerprint density at radius 2 is 1.86 bits per heavy atom. The van der Waals surface area contributed by atoms with E-state index in [1.54, 1.807) is 18.2 Å². The molecule has 3 N–H and O–H groups in total. The molecule has 0 aliphatic carbocycles. The summed E-state index contributed by atoms with van der Waals surface area (Å²) in [6.45, 7) is 1.20. The lowest BCUT2D eigenvalue weighted by molar-refractivity contribution is -0.137. The monoisotopic (exact) mass is 388 g/mol. The van der Waals surface area contributed by atoms with E-state index in [0.717, 1.165) is 23.2 Å². The van der Waals surface area contributed by atoms with E-state index in [4.69, 9.17) is 5.73 Å². The maximum absolute atomic E-state index is 13.1. The van der Waals surface area contributed by atoms with E-state index in [1.165, 1.54) is 31.2 Å². The Morgan fingerprint density at radius 3 is 2.43 bits per heavy atom. The normalized spacial score (nSPS) is 11.5. The number of nitrogens with one attached hydrogen (secondary N) is 1. The molecule has 0 heterocycles. The summed E-state index contributed by atoms with van der Waals surface area (Å²) in [5.74, 6) is -1.61. The fraction of sp³-hybridized carbons (Fsp3) is 0.105. The number of nitrogens with two attached hydrogens (primary N) is 1. The maximum atomic E-state index is 13.1. The van der Waals surface area contributed by atoms with Crippen molar-refractivity contribution < 1.29 is 22.8 Å². The van der Waals surface area contributed by atoms with Gasteiger partial charge in [-0.25, -0.2) is 0 Å². The zero-order valence-electron chi connectivity index (χ0n) is 14.6. The van der Waals surface area contributed by atoms with Crippen LogP contribution in [0.25, 0.3) is 0 Å². The lowest BCUT2D eigenvalue weighted by Gasteiger charge is -2.18. The summed E-state index contributed by atoms with van der Waals surface area (Å²) in [5, 5.41) is 11.3. The number of benzene rings is 2. The van der Waals surface area contributed by atoms with Crippen molar-refractivity contribution in [1.82, 2.24) is 0 Å². The number of alkyl halides is 3. The average molecular weight is 388 g/mol. The minimum absolute atomic E-state index is 0.295. The van der Waals surface area contributed by atoms with Gasteiger partial charge in [0.2, 0.25) is 5.91 Å². The van der Waals surface area contributed by atoms with Gasteiger partial charge < -0.3 is 11.1 Å². The van der Waals surface area contributed by atoms with Crippen LogP contribution >= 0.6 is 0 Å². The van der Waals surface area contributed by atoms with E-state index >= 15 is 0 Å². The predicted octanol–water partition coefficient (Wildman–Crippen LogP) is 3.69. The molecule has 6 nitrogen and oxygen atoms in total. The van der Waals surface area contributed by atoms with E-state index in [-0.39, 0.29) is 0 Å². The van der Waals surface area contributed by atoms with Crippen molar-refractivity contribution in [2.24, 2.45) is 0 Å². The number of carbonyl (C=O) groups excluding carboxylic acids is 2. The largest absolute Gasteiger partial charge is 0.418 e. The summed E-state index contributed by atoms with van der Waals surface area (Å²) in [5.41, 5.74) is 4.19. The number of amides is 2. The van der Waals surface area contributed by atoms with E-state index in [2.05, 4.69) is 5.32 Å². The van der Waals surface area contributed by atoms with Crippen LogP contribution in [0.4, 0.5) is 30.2 Å². The minimum atomic E-state index is -4.69. The zero-order valence-corrected chi connectivity index (χ0v) is 14.6. The molecule has 2 aromatic carbocycles. The number of hydrogen-bond donors (Lipinski definition) is 2. The Hall–Kier alpha value is -3.80. The molecule has 2 aromatic rings. The van der Waals surface area contributed by atoms with Crippen molar-refractivity contribution in [1.29, 1.82) is 5.26 Å². The first-order chi connectivity index (χ1) is 13.1. The third-order valence-corrected chi connectivity index (χ3v) is 3.59. The Balaban J connectivity index is 2.38. The van der Waals surface area contributed by atoms with E-state index in [0.29, 0.717) is 11.4 Å². The molecule has 0 saturated carbocycles. The molecule has 0 radical (unpaired) electrons. The molecular formula is C19H15F3N4O2. The maximum Gasteiger partial charge on any atom is 0.418 e. The Kier molecular flexibility index (Phi) is 6.05. The molecule has 144 valence electrons.